The van der Waals surface area contributed by atoms with Crippen molar-refractivity contribution in [2.45, 2.75) is 26.2 Å². The van der Waals surface area contributed by atoms with Crippen LogP contribution in [0.15, 0.2) is 24.5 Å². The van der Waals surface area contributed by atoms with Crippen LogP contribution < -0.4 is 4.57 Å². The normalized spacial score (nSPS) is 12.3. The Morgan fingerprint density at radius 1 is 1.40 bits per heavy atom. The van der Waals surface area contributed by atoms with Gasteiger partial charge < -0.3 is 10.3 Å². The highest BCUT2D eigenvalue weighted by molar-refractivity contribution is 5.68. The second-order valence-corrected chi connectivity index (χ2v) is 4.83. The fraction of sp³-hybridized carbons (Fsp3) is 0.357. The second kappa shape index (κ2) is 5.32. The molecule has 20 heavy (non-hydrogen) atoms. The molecule has 0 amide bonds. The zero-order valence-electron chi connectivity index (χ0n) is 11.7. The van der Waals surface area contributed by atoms with Gasteiger partial charge in [0.2, 0.25) is 0 Å². The van der Waals surface area contributed by atoms with Crippen LogP contribution in [0.5, 0.6) is 0 Å². The predicted octanol–water partition coefficient (Wildman–Crippen LogP) is 1.17. The number of hydrogen-bond donors (Lipinski definition) is 2. The number of carboxylic acids is 1. The Morgan fingerprint density at radius 3 is 2.45 bits per heavy atom. The molecule has 6 heteroatoms. The number of rotatable bonds is 4. The van der Waals surface area contributed by atoms with Gasteiger partial charge in [-0.1, -0.05) is 0 Å². The van der Waals surface area contributed by atoms with E-state index >= 15 is 0 Å². The molecule has 0 spiro atoms. The molecule has 0 unspecified atom stereocenters. The molecular weight excluding hydrogens is 258 g/mol. The van der Waals surface area contributed by atoms with Gasteiger partial charge in [0.1, 0.15) is 5.69 Å². The summed E-state index contributed by atoms with van der Waals surface area (Å²) in [4.78, 5) is 15.1. The van der Waals surface area contributed by atoms with E-state index in [-0.39, 0.29) is 6.42 Å². The van der Waals surface area contributed by atoms with Gasteiger partial charge in [0, 0.05) is 26.2 Å². The minimum atomic E-state index is -0.914. The number of hydrogen-bond acceptors (Lipinski definition) is 3. The first-order valence-electron chi connectivity index (χ1n) is 6.32. The van der Waals surface area contributed by atoms with Crippen LogP contribution in [0.25, 0.3) is 0 Å². The molecule has 1 atom stereocenters. The molecule has 2 aromatic rings. The van der Waals surface area contributed by atoms with Crippen molar-refractivity contribution in [3.8, 4) is 0 Å². The highest BCUT2D eigenvalue weighted by atomic mass is 16.5. The van der Waals surface area contributed by atoms with Crippen LogP contribution in [0, 0.1) is 13.8 Å². The maximum Gasteiger partial charge on any atom is 0.304 e. The molecule has 106 valence electrons. The van der Waals surface area contributed by atoms with Gasteiger partial charge in [0.25, 0.3) is 0 Å². The summed E-state index contributed by atoms with van der Waals surface area (Å²) >= 11 is 0. The average molecular weight is 276 g/mol. The fourth-order valence-electron chi connectivity index (χ4n) is 2.39. The molecule has 0 fully saturated rings. The van der Waals surface area contributed by atoms with Crippen LogP contribution in [-0.4, -0.2) is 26.0 Å². The average Bonchev–Trinajstić information content (AvgIpc) is 2.62. The summed E-state index contributed by atoms with van der Waals surface area (Å²) in [5, 5.41) is 19.4. The lowest BCUT2D eigenvalue weighted by Gasteiger charge is -2.11. The zero-order valence-corrected chi connectivity index (χ0v) is 11.7. The number of carbonyl (C=O) groups is 1. The minimum Gasteiger partial charge on any atom is -0.481 e. The van der Waals surface area contributed by atoms with E-state index in [1.165, 1.54) is 0 Å². The third kappa shape index (κ3) is 2.36. The Balaban J connectivity index is 2.59. The third-order valence-electron chi connectivity index (χ3n) is 3.70. The lowest BCUT2D eigenvalue weighted by atomic mass is 9.95. The summed E-state index contributed by atoms with van der Waals surface area (Å²) in [6.07, 6.45) is 3.14. The maximum absolute atomic E-state index is 11.2. The molecule has 0 bridgehead atoms. The first-order valence-corrected chi connectivity index (χ1v) is 6.32. The lowest BCUT2D eigenvalue weighted by molar-refractivity contribution is -0.686. The largest absolute Gasteiger partial charge is 0.481 e. The van der Waals surface area contributed by atoms with Crippen LogP contribution >= 0.6 is 0 Å². The number of pyridine rings is 1. The summed E-state index contributed by atoms with van der Waals surface area (Å²) in [6.45, 7) is 3.68. The van der Waals surface area contributed by atoms with Crippen LogP contribution in [0.3, 0.4) is 0 Å². The smallest absolute Gasteiger partial charge is 0.304 e. The van der Waals surface area contributed by atoms with Crippen molar-refractivity contribution < 1.29 is 19.7 Å². The molecule has 0 radical (unpaired) electrons. The van der Waals surface area contributed by atoms with Crippen molar-refractivity contribution in [1.29, 1.82) is 0 Å². The topological polar surface area (TPSA) is 79.2 Å². The molecular formula is C14H18N3O3+. The Labute approximate surface area is 116 Å². The molecule has 2 rings (SSSR count). The van der Waals surface area contributed by atoms with Gasteiger partial charge in [0.05, 0.1) is 19.4 Å². The van der Waals surface area contributed by atoms with E-state index in [2.05, 4.69) is 4.98 Å². The standard InChI is InChI=1S/C14H17N3O3/c1-9-10(2)17(20)14(16(9)3)12(8-13(18)19)11-4-6-15-7-5-11/h4-7,12H,8H2,1-3H3,(H-,18,19,20)/p+1/t12-/m0/s1. The van der Waals surface area contributed by atoms with Crippen LogP contribution in [0.2, 0.25) is 0 Å². The minimum absolute atomic E-state index is 0.0959. The Kier molecular flexibility index (Phi) is 3.74. The molecule has 0 saturated carbocycles. The second-order valence-electron chi connectivity index (χ2n) is 4.83. The predicted molar refractivity (Wildman–Crippen MR) is 70.6 cm³/mol. The monoisotopic (exact) mass is 276 g/mol. The van der Waals surface area contributed by atoms with Gasteiger partial charge in [-0.3, -0.25) is 9.78 Å². The Morgan fingerprint density at radius 2 is 2.00 bits per heavy atom. The van der Waals surface area contributed by atoms with E-state index < -0.39 is 11.9 Å². The molecule has 0 aliphatic rings. The van der Waals surface area contributed by atoms with Gasteiger partial charge in [-0.05, 0) is 22.4 Å². The quantitative estimate of drug-likeness (QED) is 0.649. The van der Waals surface area contributed by atoms with Gasteiger partial charge in [-0.25, -0.2) is 4.57 Å². The zero-order chi connectivity index (χ0) is 14.9. The molecule has 0 saturated heterocycles. The van der Waals surface area contributed by atoms with Gasteiger partial charge in [0.15, 0.2) is 5.69 Å². The van der Waals surface area contributed by atoms with E-state index in [0.717, 1.165) is 16.0 Å². The number of nitrogens with zero attached hydrogens (tertiary/aromatic N) is 3. The summed E-state index contributed by atoms with van der Waals surface area (Å²) < 4.78 is 2.90. The highest BCUT2D eigenvalue weighted by Gasteiger charge is 2.33. The van der Waals surface area contributed by atoms with Gasteiger partial charge in [-0.2, -0.15) is 0 Å². The van der Waals surface area contributed by atoms with E-state index in [0.29, 0.717) is 11.5 Å². The SMILES string of the molecule is Cc1c(C)[n+](C)c([C@@H](CC(=O)O)c2ccncc2)n1O. The first kappa shape index (κ1) is 14.0. The van der Waals surface area contributed by atoms with Crippen molar-refractivity contribution in [3.05, 3.63) is 47.3 Å². The number of carboxylic acid groups (broad SMARTS) is 1. The fourth-order valence-corrected chi connectivity index (χ4v) is 2.39. The molecule has 6 nitrogen and oxygen atoms in total. The summed E-state index contributed by atoms with van der Waals surface area (Å²) in [7, 11) is 1.82. The number of aromatic nitrogens is 3. The van der Waals surface area contributed by atoms with Gasteiger partial charge >= 0.3 is 11.8 Å². The Hall–Kier alpha value is -2.37. The summed E-state index contributed by atoms with van der Waals surface area (Å²) in [5.74, 6) is -0.796. The lowest BCUT2D eigenvalue weighted by Crippen LogP contribution is -2.37. The van der Waals surface area contributed by atoms with Crippen LogP contribution in [0.1, 0.15) is 35.1 Å². The Bertz CT molecular complexity index is 609. The molecule has 2 aromatic heterocycles. The van der Waals surface area contributed by atoms with Crippen molar-refractivity contribution in [2.75, 3.05) is 0 Å². The van der Waals surface area contributed by atoms with Crippen molar-refractivity contribution >= 4 is 5.97 Å². The highest BCUT2D eigenvalue weighted by Crippen LogP contribution is 2.26. The van der Waals surface area contributed by atoms with Crippen LogP contribution in [0.4, 0.5) is 0 Å². The third-order valence-corrected chi connectivity index (χ3v) is 3.70. The maximum atomic E-state index is 11.2. The van der Waals surface area contributed by atoms with Crippen LogP contribution in [-0.2, 0) is 11.8 Å². The molecule has 0 aliphatic heterocycles. The van der Waals surface area contributed by atoms with E-state index in [1.807, 2.05) is 18.5 Å². The summed E-state index contributed by atoms with van der Waals surface area (Å²) in [5.41, 5.74) is 2.41. The van der Waals surface area contributed by atoms with E-state index in [1.54, 1.807) is 31.5 Å². The molecule has 2 N–H and O–H groups in total. The van der Waals surface area contributed by atoms with Crippen molar-refractivity contribution in [1.82, 2.24) is 9.71 Å². The van der Waals surface area contributed by atoms with E-state index in [4.69, 9.17) is 5.11 Å². The van der Waals surface area contributed by atoms with Crippen molar-refractivity contribution in [3.63, 3.8) is 0 Å². The molecule has 0 aliphatic carbocycles. The van der Waals surface area contributed by atoms with Gasteiger partial charge in [-0.15, -0.1) is 0 Å². The number of imidazole rings is 1. The summed E-state index contributed by atoms with van der Waals surface area (Å²) in [6, 6.07) is 3.54. The van der Waals surface area contributed by atoms with E-state index in [9.17, 15) is 10.0 Å². The first-order chi connectivity index (χ1) is 9.43. The van der Waals surface area contributed by atoms with Crippen molar-refractivity contribution in [2.24, 2.45) is 7.05 Å². The number of aliphatic carboxylic acids is 1. The molecule has 2 heterocycles. The molecule has 0 aromatic carbocycles.